The standard InChI is InChI=1S/C19H21NO3S/c1-4-23-19(22)15-10-11-17(13(2)12-15)20-18(21)14(3)24-16-8-6-5-7-9-16/h5-12,14H,4H2,1-3H3,(H,20,21)/t14-/m0/s1. The van der Waals surface area contributed by atoms with Gasteiger partial charge in [0.25, 0.3) is 0 Å². The largest absolute Gasteiger partial charge is 0.462 e. The normalized spacial score (nSPS) is 11.6. The Hall–Kier alpha value is -2.27. The van der Waals surface area contributed by atoms with Crippen LogP contribution in [0, 0.1) is 6.92 Å². The molecule has 0 bridgehead atoms. The summed E-state index contributed by atoms with van der Waals surface area (Å²) in [4.78, 5) is 25.1. The number of hydrogen-bond acceptors (Lipinski definition) is 4. The van der Waals surface area contributed by atoms with Crippen molar-refractivity contribution < 1.29 is 14.3 Å². The highest BCUT2D eigenvalue weighted by atomic mass is 32.2. The molecule has 1 N–H and O–H groups in total. The molecule has 0 aromatic heterocycles. The van der Waals surface area contributed by atoms with E-state index in [2.05, 4.69) is 5.32 Å². The van der Waals surface area contributed by atoms with Gasteiger partial charge in [-0.2, -0.15) is 0 Å². The maximum Gasteiger partial charge on any atom is 0.338 e. The van der Waals surface area contributed by atoms with E-state index >= 15 is 0 Å². The van der Waals surface area contributed by atoms with Gasteiger partial charge in [0.05, 0.1) is 17.4 Å². The minimum Gasteiger partial charge on any atom is -0.462 e. The van der Waals surface area contributed by atoms with Gasteiger partial charge in [-0.15, -0.1) is 11.8 Å². The Morgan fingerprint density at radius 2 is 1.88 bits per heavy atom. The van der Waals surface area contributed by atoms with Gasteiger partial charge in [0.1, 0.15) is 0 Å². The SMILES string of the molecule is CCOC(=O)c1ccc(NC(=O)[C@H](C)Sc2ccccc2)c(C)c1. The van der Waals surface area contributed by atoms with Crippen LogP contribution in [0.3, 0.4) is 0 Å². The first kappa shape index (κ1) is 18.1. The van der Waals surface area contributed by atoms with Crippen molar-refractivity contribution in [2.45, 2.75) is 30.9 Å². The molecule has 0 spiro atoms. The van der Waals surface area contributed by atoms with Gasteiger partial charge in [0.2, 0.25) is 5.91 Å². The molecule has 0 aliphatic carbocycles. The van der Waals surface area contributed by atoms with E-state index in [9.17, 15) is 9.59 Å². The molecule has 0 fully saturated rings. The van der Waals surface area contributed by atoms with Crippen molar-refractivity contribution in [2.24, 2.45) is 0 Å². The first-order valence-electron chi connectivity index (χ1n) is 7.81. The van der Waals surface area contributed by atoms with Gasteiger partial charge in [-0.25, -0.2) is 4.79 Å². The summed E-state index contributed by atoms with van der Waals surface area (Å²) >= 11 is 1.51. The number of benzene rings is 2. The van der Waals surface area contributed by atoms with E-state index in [1.54, 1.807) is 25.1 Å². The number of ether oxygens (including phenoxy) is 1. The van der Waals surface area contributed by atoms with Gasteiger partial charge in [-0.1, -0.05) is 18.2 Å². The topological polar surface area (TPSA) is 55.4 Å². The van der Waals surface area contributed by atoms with Crippen LogP contribution in [-0.2, 0) is 9.53 Å². The molecule has 0 aliphatic rings. The number of aryl methyl sites for hydroxylation is 1. The van der Waals surface area contributed by atoms with E-state index in [0.717, 1.165) is 10.5 Å². The molecule has 0 aliphatic heterocycles. The molecule has 5 heteroatoms. The summed E-state index contributed by atoms with van der Waals surface area (Å²) in [6.07, 6.45) is 0. The van der Waals surface area contributed by atoms with Crippen LogP contribution in [0.15, 0.2) is 53.4 Å². The molecule has 2 rings (SSSR count). The predicted molar refractivity (Wildman–Crippen MR) is 97.5 cm³/mol. The minimum atomic E-state index is -0.355. The van der Waals surface area contributed by atoms with Crippen LogP contribution in [0.2, 0.25) is 0 Å². The Morgan fingerprint density at radius 3 is 2.50 bits per heavy atom. The lowest BCUT2D eigenvalue weighted by Crippen LogP contribution is -2.23. The highest BCUT2D eigenvalue weighted by Crippen LogP contribution is 2.24. The van der Waals surface area contributed by atoms with E-state index in [1.165, 1.54) is 11.8 Å². The van der Waals surface area contributed by atoms with Crippen molar-refractivity contribution in [3.63, 3.8) is 0 Å². The van der Waals surface area contributed by atoms with Crippen molar-refractivity contribution in [2.75, 3.05) is 11.9 Å². The van der Waals surface area contributed by atoms with Gasteiger partial charge in [0.15, 0.2) is 0 Å². The van der Waals surface area contributed by atoms with Crippen LogP contribution in [0.1, 0.15) is 29.8 Å². The van der Waals surface area contributed by atoms with Gasteiger partial charge >= 0.3 is 5.97 Å². The molecule has 1 amide bonds. The summed E-state index contributed by atoms with van der Waals surface area (Å²) in [5.41, 5.74) is 2.01. The Labute approximate surface area is 146 Å². The number of esters is 1. The molecule has 0 saturated carbocycles. The third-order valence-corrected chi connectivity index (χ3v) is 4.53. The van der Waals surface area contributed by atoms with Crippen molar-refractivity contribution in [3.8, 4) is 0 Å². The van der Waals surface area contributed by atoms with Crippen LogP contribution in [0.25, 0.3) is 0 Å². The fourth-order valence-corrected chi connectivity index (χ4v) is 3.02. The zero-order chi connectivity index (χ0) is 17.5. The third-order valence-electron chi connectivity index (χ3n) is 3.42. The molecule has 0 unspecified atom stereocenters. The smallest absolute Gasteiger partial charge is 0.338 e. The summed E-state index contributed by atoms with van der Waals surface area (Å²) in [5, 5.41) is 2.69. The molecule has 1 atom stereocenters. The second kappa shape index (κ2) is 8.55. The molecular weight excluding hydrogens is 322 g/mol. The Balaban J connectivity index is 2.02. The average Bonchev–Trinajstić information content (AvgIpc) is 2.57. The lowest BCUT2D eigenvalue weighted by molar-refractivity contribution is -0.115. The van der Waals surface area contributed by atoms with E-state index in [0.29, 0.717) is 17.9 Å². The number of nitrogens with one attached hydrogen (secondary N) is 1. The van der Waals surface area contributed by atoms with Crippen LogP contribution in [-0.4, -0.2) is 23.7 Å². The maximum absolute atomic E-state index is 12.4. The first-order valence-corrected chi connectivity index (χ1v) is 8.69. The molecule has 0 heterocycles. The minimum absolute atomic E-state index is 0.0733. The molecule has 4 nitrogen and oxygen atoms in total. The third kappa shape index (κ3) is 4.86. The van der Waals surface area contributed by atoms with Crippen LogP contribution < -0.4 is 5.32 Å². The highest BCUT2D eigenvalue weighted by molar-refractivity contribution is 8.00. The van der Waals surface area contributed by atoms with Gasteiger partial charge < -0.3 is 10.1 Å². The predicted octanol–water partition coefficient (Wildman–Crippen LogP) is 4.29. The number of amides is 1. The first-order chi connectivity index (χ1) is 11.5. The van der Waals surface area contributed by atoms with Crippen LogP contribution in [0.4, 0.5) is 5.69 Å². The molecule has 2 aromatic rings. The Morgan fingerprint density at radius 1 is 1.17 bits per heavy atom. The number of thioether (sulfide) groups is 1. The zero-order valence-corrected chi connectivity index (χ0v) is 14.9. The van der Waals surface area contributed by atoms with Crippen molar-refractivity contribution >= 4 is 29.3 Å². The van der Waals surface area contributed by atoms with E-state index < -0.39 is 0 Å². The number of rotatable bonds is 6. The average molecular weight is 343 g/mol. The maximum atomic E-state index is 12.4. The van der Waals surface area contributed by atoms with Gasteiger partial charge in [-0.05, 0) is 56.7 Å². The summed E-state index contributed by atoms with van der Waals surface area (Å²) in [5.74, 6) is -0.428. The summed E-state index contributed by atoms with van der Waals surface area (Å²) in [7, 11) is 0. The molecule has 126 valence electrons. The summed E-state index contributed by atoms with van der Waals surface area (Å²) < 4.78 is 4.98. The lowest BCUT2D eigenvalue weighted by atomic mass is 10.1. The molecule has 0 radical (unpaired) electrons. The van der Waals surface area contributed by atoms with E-state index in [-0.39, 0.29) is 17.1 Å². The molecule has 24 heavy (non-hydrogen) atoms. The molecular formula is C19H21NO3S. The number of hydrogen-bond donors (Lipinski definition) is 1. The van der Waals surface area contributed by atoms with Crippen molar-refractivity contribution in [3.05, 3.63) is 59.7 Å². The Kier molecular flexibility index (Phi) is 6.44. The molecule has 2 aromatic carbocycles. The number of anilines is 1. The van der Waals surface area contributed by atoms with E-state index in [1.807, 2.05) is 44.2 Å². The Bertz CT molecular complexity index is 716. The second-order valence-electron chi connectivity index (χ2n) is 5.31. The zero-order valence-electron chi connectivity index (χ0n) is 14.0. The quantitative estimate of drug-likeness (QED) is 0.628. The molecule has 0 saturated heterocycles. The lowest BCUT2D eigenvalue weighted by Gasteiger charge is -2.14. The highest BCUT2D eigenvalue weighted by Gasteiger charge is 2.16. The van der Waals surface area contributed by atoms with E-state index in [4.69, 9.17) is 4.74 Å². The summed E-state index contributed by atoms with van der Waals surface area (Å²) in [6.45, 7) is 5.83. The van der Waals surface area contributed by atoms with Crippen molar-refractivity contribution in [1.82, 2.24) is 0 Å². The number of carbonyl (C=O) groups is 2. The van der Waals surface area contributed by atoms with Crippen LogP contribution >= 0.6 is 11.8 Å². The monoisotopic (exact) mass is 343 g/mol. The fraction of sp³-hybridized carbons (Fsp3) is 0.263. The second-order valence-corrected chi connectivity index (χ2v) is 6.73. The van der Waals surface area contributed by atoms with Gasteiger partial charge in [0, 0.05) is 10.6 Å². The number of carbonyl (C=O) groups excluding carboxylic acids is 2. The van der Waals surface area contributed by atoms with Crippen LogP contribution in [0.5, 0.6) is 0 Å². The van der Waals surface area contributed by atoms with Crippen molar-refractivity contribution in [1.29, 1.82) is 0 Å². The van der Waals surface area contributed by atoms with Gasteiger partial charge in [-0.3, -0.25) is 4.79 Å². The summed E-state index contributed by atoms with van der Waals surface area (Å²) in [6, 6.07) is 14.9. The fourth-order valence-electron chi connectivity index (χ4n) is 2.14.